The highest BCUT2D eigenvalue weighted by Gasteiger charge is 2.05. The smallest absolute Gasteiger partial charge is 0.244 e. The minimum atomic E-state index is -0.122. The van der Waals surface area contributed by atoms with Crippen LogP contribution in [-0.4, -0.2) is 39.4 Å². The Morgan fingerprint density at radius 3 is 2.59 bits per heavy atom. The van der Waals surface area contributed by atoms with Gasteiger partial charge in [-0.15, -0.1) is 0 Å². The molecule has 5 nitrogen and oxygen atoms in total. The summed E-state index contributed by atoms with van der Waals surface area (Å²) >= 11 is 0. The second kappa shape index (κ2) is 10.7. The van der Waals surface area contributed by atoms with Crippen molar-refractivity contribution >= 4 is 12.0 Å². The lowest BCUT2D eigenvalue weighted by molar-refractivity contribution is -0.116. The third kappa shape index (κ3) is 6.63. The first-order valence-corrected chi connectivity index (χ1v) is 7.55. The van der Waals surface area contributed by atoms with Gasteiger partial charge in [0.2, 0.25) is 5.91 Å². The first kappa shape index (κ1) is 18.0. The van der Waals surface area contributed by atoms with Crippen LogP contribution < -0.4 is 14.8 Å². The molecule has 1 aromatic rings. The van der Waals surface area contributed by atoms with Crippen LogP contribution in [0.5, 0.6) is 11.5 Å². The van der Waals surface area contributed by atoms with Crippen LogP contribution in [0.4, 0.5) is 0 Å². The molecule has 0 saturated carbocycles. The lowest BCUT2D eigenvalue weighted by Crippen LogP contribution is -2.22. The lowest BCUT2D eigenvalue weighted by atomic mass is 10.2. The molecule has 5 heteroatoms. The van der Waals surface area contributed by atoms with Gasteiger partial charge in [-0.1, -0.05) is 6.07 Å². The second-order valence-electron chi connectivity index (χ2n) is 4.54. The zero-order valence-corrected chi connectivity index (χ0v) is 13.6. The van der Waals surface area contributed by atoms with Gasteiger partial charge in [-0.3, -0.25) is 4.79 Å². The van der Waals surface area contributed by atoms with Crippen LogP contribution in [0.2, 0.25) is 0 Å². The molecule has 0 fully saturated rings. The number of ether oxygens (including phenoxy) is 3. The maximum atomic E-state index is 11.7. The van der Waals surface area contributed by atoms with Crippen molar-refractivity contribution in [2.45, 2.75) is 20.3 Å². The van der Waals surface area contributed by atoms with Gasteiger partial charge in [0.15, 0.2) is 11.5 Å². The summed E-state index contributed by atoms with van der Waals surface area (Å²) in [5.74, 6) is 1.28. The van der Waals surface area contributed by atoms with Gasteiger partial charge >= 0.3 is 0 Å². The van der Waals surface area contributed by atoms with Crippen molar-refractivity contribution in [3.63, 3.8) is 0 Å². The molecule has 0 heterocycles. The molecule has 1 rings (SSSR count). The van der Waals surface area contributed by atoms with Crippen molar-refractivity contribution in [2.24, 2.45) is 0 Å². The van der Waals surface area contributed by atoms with E-state index in [4.69, 9.17) is 14.2 Å². The molecule has 0 bridgehead atoms. The number of rotatable bonds is 10. The van der Waals surface area contributed by atoms with Crippen molar-refractivity contribution in [3.8, 4) is 11.5 Å². The minimum Gasteiger partial charge on any atom is -0.490 e. The van der Waals surface area contributed by atoms with Gasteiger partial charge in [-0.2, -0.15) is 0 Å². The van der Waals surface area contributed by atoms with Crippen LogP contribution in [0.1, 0.15) is 25.8 Å². The molecule has 0 spiro atoms. The van der Waals surface area contributed by atoms with Crippen molar-refractivity contribution in [1.82, 2.24) is 5.32 Å². The summed E-state index contributed by atoms with van der Waals surface area (Å²) in [5.41, 5.74) is 0.888. The predicted molar refractivity (Wildman–Crippen MR) is 87.3 cm³/mol. The van der Waals surface area contributed by atoms with Crippen LogP contribution in [0, 0.1) is 0 Å². The van der Waals surface area contributed by atoms with Crippen LogP contribution in [0.15, 0.2) is 24.3 Å². The van der Waals surface area contributed by atoms with E-state index < -0.39 is 0 Å². The molecule has 0 saturated heterocycles. The lowest BCUT2D eigenvalue weighted by Gasteiger charge is -2.11. The Labute approximate surface area is 132 Å². The highest BCUT2D eigenvalue weighted by atomic mass is 16.5. The van der Waals surface area contributed by atoms with Crippen LogP contribution in [0.3, 0.4) is 0 Å². The number of amides is 1. The quantitative estimate of drug-likeness (QED) is 0.533. The molecule has 22 heavy (non-hydrogen) atoms. The van der Waals surface area contributed by atoms with E-state index in [-0.39, 0.29) is 5.91 Å². The highest BCUT2D eigenvalue weighted by Crippen LogP contribution is 2.28. The number of carbonyl (C=O) groups is 1. The van der Waals surface area contributed by atoms with E-state index in [0.29, 0.717) is 37.9 Å². The summed E-state index contributed by atoms with van der Waals surface area (Å²) in [6, 6.07) is 5.61. The zero-order valence-electron chi connectivity index (χ0n) is 13.6. The minimum absolute atomic E-state index is 0.122. The van der Waals surface area contributed by atoms with E-state index in [0.717, 1.165) is 12.0 Å². The van der Waals surface area contributed by atoms with E-state index in [1.54, 1.807) is 13.2 Å². The molecule has 0 unspecified atom stereocenters. The van der Waals surface area contributed by atoms with E-state index in [1.165, 1.54) is 6.08 Å². The average Bonchev–Trinajstić information content (AvgIpc) is 2.52. The Bertz CT molecular complexity index is 486. The fourth-order valence-electron chi connectivity index (χ4n) is 1.83. The SMILES string of the molecule is CCOc1ccc(C=CC(=O)NCCCOC)cc1OCC. The summed E-state index contributed by atoms with van der Waals surface area (Å²) in [4.78, 5) is 11.7. The molecule has 0 aliphatic heterocycles. The molecule has 0 aromatic heterocycles. The standard InChI is InChI=1S/C17H25NO4/c1-4-21-15-9-7-14(13-16(15)22-5-2)8-10-17(19)18-11-6-12-20-3/h7-10,13H,4-6,11-12H2,1-3H3,(H,18,19). The summed E-state index contributed by atoms with van der Waals surface area (Å²) in [6.45, 7) is 6.24. The summed E-state index contributed by atoms with van der Waals surface area (Å²) in [6.07, 6.45) is 4.07. The molecule has 1 amide bonds. The van der Waals surface area contributed by atoms with E-state index in [1.807, 2.05) is 32.0 Å². The molecule has 122 valence electrons. The number of methoxy groups -OCH3 is 1. The average molecular weight is 307 g/mol. The van der Waals surface area contributed by atoms with E-state index in [9.17, 15) is 4.79 Å². The van der Waals surface area contributed by atoms with Gasteiger partial charge in [-0.25, -0.2) is 0 Å². The second-order valence-corrected chi connectivity index (χ2v) is 4.54. The van der Waals surface area contributed by atoms with Crippen LogP contribution >= 0.6 is 0 Å². The van der Waals surface area contributed by atoms with Gasteiger partial charge in [0.25, 0.3) is 0 Å². The molecule has 1 aromatic carbocycles. The van der Waals surface area contributed by atoms with Crippen LogP contribution in [0.25, 0.3) is 6.08 Å². The fraction of sp³-hybridized carbons (Fsp3) is 0.471. The predicted octanol–water partition coefficient (Wildman–Crippen LogP) is 2.65. The van der Waals surface area contributed by atoms with Gasteiger partial charge in [-0.05, 0) is 44.0 Å². The molecule has 0 aliphatic carbocycles. The van der Waals surface area contributed by atoms with Gasteiger partial charge in [0.1, 0.15) is 0 Å². The Hall–Kier alpha value is -2.01. The first-order chi connectivity index (χ1) is 10.7. The van der Waals surface area contributed by atoms with Gasteiger partial charge < -0.3 is 19.5 Å². The van der Waals surface area contributed by atoms with Gasteiger partial charge in [0.05, 0.1) is 13.2 Å². The third-order valence-electron chi connectivity index (χ3n) is 2.82. The van der Waals surface area contributed by atoms with E-state index in [2.05, 4.69) is 5.32 Å². The molecule has 0 radical (unpaired) electrons. The van der Waals surface area contributed by atoms with Gasteiger partial charge in [0, 0.05) is 26.3 Å². The Balaban J connectivity index is 2.62. The molecular formula is C17H25NO4. The number of benzene rings is 1. The number of carbonyl (C=O) groups excluding carboxylic acids is 1. The van der Waals surface area contributed by atoms with Crippen molar-refractivity contribution in [3.05, 3.63) is 29.8 Å². The highest BCUT2D eigenvalue weighted by molar-refractivity contribution is 5.91. The zero-order chi connectivity index (χ0) is 16.2. The van der Waals surface area contributed by atoms with Crippen molar-refractivity contribution < 1.29 is 19.0 Å². The normalized spacial score (nSPS) is 10.7. The first-order valence-electron chi connectivity index (χ1n) is 7.55. The summed E-state index contributed by atoms with van der Waals surface area (Å²) in [5, 5.41) is 2.80. The Morgan fingerprint density at radius 2 is 1.91 bits per heavy atom. The summed E-state index contributed by atoms with van der Waals surface area (Å²) < 4.78 is 16.0. The molecule has 0 atom stereocenters. The monoisotopic (exact) mass is 307 g/mol. The Kier molecular flexibility index (Phi) is 8.76. The van der Waals surface area contributed by atoms with E-state index >= 15 is 0 Å². The summed E-state index contributed by atoms with van der Waals surface area (Å²) in [7, 11) is 1.64. The number of hydrogen-bond donors (Lipinski definition) is 1. The maximum absolute atomic E-state index is 11.7. The third-order valence-corrected chi connectivity index (χ3v) is 2.82. The molecule has 1 N–H and O–H groups in total. The molecular weight excluding hydrogens is 282 g/mol. The topological polar surface area (TPSA) is 56.8 Å². The molecule has 0 aliphatic rings. The van der Waals surface area contributed by atoms with Crippen molar-refractivity contribution in [2.75, 3.05) is 33.5 Å². The van der Waals surface area contributed by atoms with Crippen LogP contribution in [-0.2, 0) is 9.53 Å². The number of hydrogen-bond acceptors (Lipinski definition) is 4. The fourth-order valence-corrected chi connectivity index (χ4v) is 1.83. The Morgan fingerprint density at radius 1 is 1.18 bits per heavy atom. The largest absolute Gasteiger partial charge is 0.490 e. The van der Waals surface area contributed by atoms with Crippen molar-refractivity contribution in [1.29, 1.82) is 0 Å². The maximum Gasteiger partial charge on any atom is 0.244 e. The number of nitrogens with one attached hydrogen (secondary N) is 1.